The Morgan fingerprint density at radius 3 is 2.43 bits per heavy atom. The zero-order valence-electron chi connectivity index (χ0n) is 14.4. The molecule has 0 bridgehead atoms. The molecule has 0 atom stereocenters. The summed E-state index contributed by atoms with van der Waals surface area (Å²) in [4.78, 5) is 14.1. The number of anilines is 2. The first-order valence-corrected chi connectivity index (χ1v) is 8.31. The summed E-state index contributed by atoms with van der Waals surface area (Å²) in [5, 5.41) is 3.40. The van der Waals surface area contributed by atoms with Gasteiger partial charge in [-0.05, 0) is 26.8 Å². The fourth-order valence-corrected chi connectivity index (χ4v) is 2.88. The van der Waals surface area contributed by atoms with E-state index in [9.17, 15) is 0 Å². The first-order valence-electron chi connectivity index (χ1n) is 8.31. The number of nitrogens with one attached hydrogen (secondary N) is 1. The van der Waals surface area contributed by atoms with Gasteiger partial charge in [-0.1, -0.05) is 6.58 Å². The van der Waals surface area contributed by atoms with Crippen LogP contribution in [-0.4, -0.2) is 65.8 Å². The van der Waals surface area contributed by atoms with Crippen LogP contribution in [0, 0.1) is 0 Å². The van der Waals surface area contributed by atoms with Crippen LogP contribution in [0.2, 0.25) is 0 Å². The van der Waals surface area contributed by atoms with E-state index in [0.29, 0.717) is 6.04 Å². The molecule has 0 spiro atoms. The molecule has 1 N–H and O–H groups in total. The summed E-state index contributed by atoms with van der Waals surface area (Å²) in [5.74, 6) is 1.65. The normalized spacial score (nSPS) is 20.2. The topological polar surface area (TPSA) is 53.5 Å². The molecular weight excluding hydrogens is 290 g/mol. The number of hydrogen-bond donors (Lipinski definition) is 1. The van der Waals surface area contributed by atoms with Crippen molar-refractivity contribution >= 4 is 17.8 Å². The Bertz CT molecular complexity index is 557. The maximum absolute atomic E-state index is 5.21. The third-order valence-corrected chi connectivity index (χ3v) is 4.44. The Balaban J connectivity index is 1.71. The Hall–Kier alpha value is -1.66. The molecule has 2 aliphatic heterocycles. The van der Waals surface area contributed by atoms with Crippen molar-refractivity contribution in [3.8, 4) is 0 Å². The zero-order chi connectivity index (χ0) is 16.4. The number of rotatable bonds is 4. The molecule has 23 heavy (non-hydrogen) atoms. The van der Waals surface area contributed by atoms with Crippen molar-refractivity contribution < 1.29 is 4.74 Å². The van der Waals surface area contributed by atoms with Gasteiger partial charge in [0, 0.05) is 37.8 Å². The second-order valence-corrected chi connectivity index (χ2v) is 7.21. The van der Waals surface area contributed by atoms with E-state index in [1.165, 1.54) is 0 Å². The van der Waals surface area contributed by atoms with Gasteiger partial charge in [0.05, 0.1) is 24.9 Å². The maximum atomic E-state index is 5.21. The van der Waals surface area contributed by atoms with Crippen LogP contribution in [0.5, 0.6) is 0 Å². The first kappa shape index (κ1) is 16.2. The highest BCUT2D eigenvalue weighted by Crippen LogP contribution is 2.21. The van der Waals surface area contributed by atoms with Crippen LogP contribution >= 0.6 is 0 Å². The van der Waals surface area contributed by atoms with Crippen molar-refractivity contribution in [2.75, 3.05) is 49.6 Å². The van der Waals surface area contributed by atoms with Crippen LogP contribution in [0.25, 0.3) is 6.08 Å². The SMILES string of the molecule is C=Cc1cc(NC2COC2)nc(N2CCN(C(C)(C)C)CC2)n1. The number of nitrogens with zero attached hydrogens (tertiary/aromatic N) is 4. The minimum absolute atomic E-state index is 0.215. The Kier molecular flexibility index (Phi) is 4.55. The molecule has 6 heteroatoms. The van der Waals surface area contributed by atoms with Crippen LogP contribution in [-0.2, 0) is 4.74 Å². The summed E-state index contributed by atoms with van der Waals surface area (Å²) >= 11 is 0. The Morgan fingerprint density at radius 2 is 1.91 bits per heavy atom. The molecule has 0 aliphatic carbocycles. The minimum Gasteiger partial charge on any atom is -0.377 e. The Morgan fingerprint density at radius 1 is 1.22 bits per heavy atom. The molecule has 0 radical (unpaired) electrons. The molecular formula is C17H27N5O. The highest BCUT2D eigenvalue weighted by Gasteiger charge is 2.27. The lowest BCUT2D eigenvalue weighted by molar-refractivity contribution is 0.0209. The van der Waals surface area contributed by atoms with Crippen LogP contribution < -0.4 is 10.2 Å². The average molecular weight is 317 g/mol. The molecule has 0 aromatic carbocycles. The van der Waals surface area contributed by atoms with Crippen molar-refractivity contribution in [1.82, 2.24) is 14.9 Å². The lowest BCUT2D eigenvalue weighted by Crippen LogP contribution is -2.53. The molecule has 3 heterocycles. The summed E-state index contributed by atoms with van der Waals surface area (Å²) in [6, 6.07) is 2.30. The third kappa shape index (κ3) is 3.82. The predicted molar refractivity (Wildman–Crippen MR) is 93.9 cm³/mol. The molecule has 0 unspecified atom stereocenters. The molecule has 2 fully saturated rings. The standard InChI is InChI=1S/C17H27N5O/c1-5-13-10-15(18-14-11-23-12-14)20-16(19-13)21-6-8-22(9-7-21)17(2,3)4/h5,10,14H,1,6-9,11-12H2,2-4H3,(H,18,19,20). The third-order valence-electron chi connectivity index (χ3n) is 4.44. The highest BCUT2D eigenvalue weighted by atomic mass is 16.5. The molecule has 126 valence electrons. The van der Waals surface area contributed by atoms with Gasteiger partial charge < -0.3 is 15.0 Å². The van der Waals surface area contributed by atoms with Gasteiger partial charge in [-0.15, -0.1) is 0 Å². The first-order chi connectivity index (χ1) is 11.0. The average Bonchev–Trinajstić information content (AvgIpc) is 2.50. The lowest BCUT2D eigenvalue weighted by atomic mass is 10.1. The second-order valence-electron chi connectivity index (χ2n) is 7.21. The summed E-state index contributed by atoms with van der Waals surface area (Å²) in [7, 11) is 0. The Labute approximate surface area is 138 Å². The monoisotopic (exact) mass is 317 g/mol. The number of hydrogen-bond acceptors (Lipinski definition) is 6. The zero-order valence-corrected chi connectivity index (χ0v) is 14.4. The van der Waals surface area contributed by atoms with E-state index < -0.39 is 0 Å². The summed E-state index contributed by atoms with van der Waals surface area (Å²) in [6.07, 6.45) is 1.78. The van der Waals surface area contributed by atoms with Gasteiger partial charge in [0.1, 0.15) is 5.82 Å². The summed E-state index contributed by atoms with van der Waals surface area (Å²) in [6.45, 7) is 16.1. The van der Waals surface area contributed by atoms with Crippen LogP contribution in [0.4, 0.5) is 11.8 Å². The predicted octanol–water partition coefficient (Wildman–Crippen LogP) is 1.85. The van der Waals surface area contributed by atoms with Crippen molar-refractivity contribution in [3.63, 3.8) is 0 Å². The maximum Gasteiger partial charge on any atom is 0.227 e. The van der Waals surface area contributed by atoms with Gasteiger partial charge in [-0.25, -0.2) is 4.98 Å². The molecule has 6 nitrogen and oxygen atoms in total. The van der Waals surface area contributed by atoms with Gasteiger partial charge in [0.2, 0.25) is 5.95 Å². The molecule has 1 aromatic rings. The smallest absolute Gasteiger partial charge is 0.227 e. The van der Waals surface area contributed by atoms with Gasteiger partial charge in [0.15, 0.2) is 0 Å². The van der Waals surface area contributed by atoms with E-state index in [0.717, 1.165) is 56.9 Å². The van der Waals surface area contributed by atoms with Crippen molar-refractivity contribution in [1.29, 1.82) is 0 Å². The van der Waals surface area contributed by atoms with E-state index in [1.54, 1.807) is 6.08 Å². The van der Waals surface area contributed by atoms with Crippen molar-refractivity contribution in [2.24, 2.45) is 0 Å². The van der Waals surface area contributed by atoms with E-state index >= 15 is 0 Å². The number of aromatic nitrogens is 2. The number of piperazine rings is 1. The van der Waals surface area contributed by atoms with Crippen molar-refractivity contribution in [3.05, 3.63) is 18.3 Å². The summed E-state index contributed by atoms with van der Waals surface area (Å²) in [5.41, 5.74) is 1.07. The van der Waals surface area contributed by atoms with Crippen LogP contribution in [0.3, 0.4) is 0 Å². The van der Waals surface area contributed by atoms with Crippen LogP contribution in [0.1, 0.15) is 26.5 Å². The molecule has 0 amide bonds. The number of ether oxygens (including phenoxy) is 1. The van der Waals surface area contributed by atoms with Gasteiger partial charge in [-0.2, -0.15) is 4.98 Å². The minimum atomic E-state index is 0.215. The van der Waals surface area contributed by atoms with E-state index in [2.05, 4.69) is 47.5 Å². The molecule has 0 saturated carbocycles. The lowest BCUT2D eigenvalue weighted by Gasteiger charge is -2.42. The van der Waals surface area contributed by atoms with Crippen LogP contribution in [0.15, 0.2) is 12.6 Å². The van der Waals surface area contributed by atoms with E-state index in [1.807, 2.05) is 6.07 Å². The molecule has 1 aromatic heterocycles. The molecule has 3 rings (SSSR count). The second kappa shape index (κ2) is 6.45. The quantitative estimate of drug-likeness (QED) is 0.915. The molecule has 2 aliphatic rings. The van der Waals surface area contributed by atoms with E-state index in [4.69, 9.17) is 9.72 Å². The fourth-order valence-electron chi connectivity index (χ4n) is 2.88. The van der Waals surface area contributed by atoms with Gasteiger partial charge in [0.25, 0.3) is 0 Å². The van der Waals surface area contributed by atoms with Gasteiger partial charge >= 0.3 is 0 Å². The summed E-state index contributed by atoms with van der Waals surface area (Å²) < 4.78 is 5.21. The van der Waals surface area contributed by atoms with E-state index in [-0.39, 0.29) is 5.54 Å². The van der Waals surface area contributed by atoms with Crippen molar-refractivity contribution in [2.45, 2.75) is 32.4 Å². The van der Waals surface area contributed by atoms with Gasteiger partial charge in [-0.3, -0.25) is 4.90 Å². The molecule has 2 saturated heterocycles. The highest BCUT2D eigenvalue weighted by molar-refractivity contribution is 5.53. The fraction of sp³-hybridized carbons (Fsp3) is 0.647. The largest absolute Gasteiger partial charge is 0.377 e.